The number of halogens is 2. The van der Waals surface area contributed by atoms with Gasteiger partial charge in [0.1, 0.15) is 16.9 Å². The number of carbonyl (C=O) groups excluding carboxylic acids is 1. The van der Waals surface area contributed by atoms with Gasteiger partial charge in [-0.3, -0.25) is 9.48 Å². The van der Waals surface area contributed by atoms with Gasteiger partial charge >= 0.3 is 0 Å². The maximum absolute atomic E-state index is 12.2. The third-order valence-corrected chi connectivity index (χ3v) is 4.23. The van der Waals surface area contributed by atoms with Gasteiger partial charge in [0, 0.05) is 17.8 Å². The first-order valence-corrected chi connectivity index (χ1v) is 8.73. The lowest BCUT2D eigenvalue weighted by atomic mass is 10.1. The number of aromatic nitrogens is 4. The van der Waals surface area contributed by atoms with Crippen molar-refractivity contribution in [2.75, 3.05) is 0 Å². The normalized spacial score (nSPS) is 11.6. The monoisotopic (exact) mass is 400 g/mol. The highest BCUT2D eigenvalue weighted by molar-refractivity contribution is 6.32. The summed E-state index contributed by atoms with van der Waals surface area (Å²) in [4.78, 5) is 19.9. The van der Waals surface area contributed by atoms with E-state index in [9.17, 15) is 4.79 Å². The van der Waals surface area contributed by atoms with Crippen LogP contribution >= 0.6 is 23.2 Å². The minimum Gasteiger partial charge on any atom is -0.346 e. The van der Waals surface area contributed by atoms with Gasteiger partial charge in [0.05, 0.1) is 35.2 Å². The highest BCUT2D eigenvalue weighted by Gasteiger charge is 2.13. The molecule has 1 atom stereocenters. The molecule has 0 unspecified atom stereocenters. The summed E-state index contributed by atoms with van der Waals surface area (Å²) < 4.78 is 1.72. The van der Waals surface area contributed by atoms with E-state index in [0.29, 0.717) is 17.1 Å². The summed E-state index contributed by atoms with van der Waals surface area (Å²) >= 11 is 11.7. The maximum atomic E-state index is 12.2. The smallest absolute Gasteiger partial charge is 0.271 e. The number of rotatable bonds is 5. The van der Waals surface area contributed by atoms with Gasteiger partial charge in [-0.25, -0.2) is 9.97 Å². The summed E-state index contributed by atoms with van der Waals surface area (Å²) in [6.45, 7) is 2.33. The van der Waals surface area contributed by atoms with E-state index in [4.69, 9.17) is 28.5 Å². The topological polar surface area (TPSA) is 96.5 Å². The van der Waals surface area contributed by atoms with E-state index in [2.05, 4.69) is 20.4 Å². The summed E-state index contributed by atoms with van der Waals surface area (Å²) in [5.41, 5.74) is 2.15. The molecule has 2 heterocycles. The molecule has 1 N–H and O–H groups in total. The number of hydrogen-bond donors (Lipinski definition) is 1. The second kappa shape index (κ2) is 8.16. The predicted octanol–water partition coefficient (Wildman–Crippen LogP) is 3.34. The SMILES string of the molecule is C[C@@H](Cn1ccc(-c2ccc(C#N)c(Cl)c2)n1)NC(=O)c1cnc(Cl)cn1. The fourth-order valence-electron chi connectivity index (χ4n) is 2.44. The van der Waals surface area contributed by atoms with Crippen LogP contribution in [-0.2, 0) is 6.54 Å². The highest BCUT2D eigenvalue weighted by atomic mass is 35.5. The van der Waals surface area contributed by atoms with Gasteiger partial charge in [-0.05, 0) is 25.1 Å². The molecule has 0 radical (unpaired) electrons. The first kappa shape index (κ1) is 18.8. The van der Waals surface area contributed by atoms with Crippen LogP contribution in [0.5, 0.6) is 0 Å². The molecule has 0 aliphatic rings. The van der Waals surface area contributed by atoms with Crippen LogP contribution < -0.4 is 5.32 Å². The van der Waals surface area contributed by atoms with Crippen LogP contribution in [0.4, 0.5) is 0 Å². The zero-order valence-electron chi connectivity index (χ0n) is 14.2. The minimum atomic E-state index is -0.335. The molecule has 0 saturated heterocycles. The van der Waals surface area contributed by atoms with E-state index in [-0.39, 0.29) is 22.8 Å². The molecule has 0 fully saturated rings. The molecular formula is C18H14Cl2N6O. The molecule has 1 amide bonds. The molecule has 0 bridgehead atoms. The van der Waals surface area contributed by atoms with Crippen LogP contribution in [0.2, 0.25) is 10.2 Å². The minimum absolute atomic E-state index is 0.188. The van der Waals surface area contributed by atoms with Gasteiger partial charge in [0.25, 0.3) is 5.91 Å². The van der Waals surface area contributed by atoms with Gasteiger partial charge in [0.15, 0.2) is 0 Å². The van der Waals surface area contributed by atoms with E-state index < -0.39 is 0 Å². The first-order valence-electron chi connectivity index (χ1n) is 7.98. The Kier molecular flexibility index (Phi) is 5.69. The van der Waals surface area contributed by atoms with E-state index >= 15 is 0 Å². The summed E-state index contributed by atoms with van der Waals surface area (Å²) in [7, 11) is 0. The third-order valence-electron chi connectivity index (χ3n) is 3.72. The Labute approximate surface area is 165 Å². The number of nitrogens with one attached hydrogen (secondary N) is 1. The number of hydrogen-bond acceptors (Lipinski definition) is 5. The summed E-state index contributed by atoms with van der Waals surface area (Å²) in [6.07, 6.45) is 4.46. The Bertz CT molecular complexity index is 1010. The van der Waals surface area contributed by atoms with Crippen molar-refractivity contribution in [1.29, 1.82) is 5.26 Å². The Morgan fingerprint density at radius 3 is 2.78 bits per heavy atom. The number of benzene rings is 1. The van der Waals surface area contributed by atoms with Crippen LogP contribution in [0.1, 0.15) is 23.0 Å². The van der Waals surface area contributed by atoms with Crippen molar-refractivity contribution in [2.24, 2.45) is 0 Å². The van der Waals surface area contributed by atoms with Crippen molar-refractivity contribution in [2.45, 2.75) is 19.5 Å². The number of nitriles is 1. The van der Waals surface area contributed by atoms with Crippen LogP contribution in [0, 0.1) is 11.3 Å². The zero-order chi connectivity index (χ0) is 19.4. The molecule has 7 nitrogen and oxygen atoms in total. The highest BCUT2D eigenvalue weighted by Crippen LogP contribution is 2.24. The van der Waals surface area contributed by atoms with Crippen molar-refractivity contribution >= 4 is 29.1 Å². The molecule has 0 saturated carbocycles. The number of carbonyl (C=O) groups is 1. The fourth-order valence-corrected chi connectivity index (χ4v) is 2.76. The van der Waals surface area contributed by atoms with Gasteiger partial charge in [-0.15, -0.1) is 0 Å². The summed E-state index contributed by atoms with van der Waals surface area (Å²) in [6, 6.07) is 8.84. The average Bonchev–Trinajstić information content (AvgIpc) is 3.10. The molecule has 27 heavy (non-hydrogen) atoms. The van der Waals surface area contributed by atoms with Crippen molar-refractivity contribution in [3.05, 3.63) is 64.3 Å². The molecule has 2 aromatic heterocycles. The maximum Gasteiger partial charge on any atom is 0.271 e. The molecule has 0 aliphatic heterocycles. The van der Waals surface area contributed by atoms with Crippen LogP contribution in [0.3, 0.4) is 0 Å². The molecule has 9 heteroatoms. The summed E-state index contributed by atoms with van der Waals surface area (Å²) in [5, 5.41) is 16.9. The molecule has 1 aromatic carbocycles. The lowest BCUT2D eigenvalue weighted by molar-refractivity contribution is 0.0930. The molecule has 0 spiro atoms. The van der Waals surface area contributed by atoms with E-state index in [1.807, 2.05) is 25.3 Å². The van der Waals surface area contributed by atoms with Gasteiger partial charge in [-0.2, -0.15) is 10.4 Å². The van der Waals surface area contributed by atoms with Crippen molar-refractivity contribution in [1.82, 2.24) is 25.1 Å². The second-order valence-electron chi connectivity index (χ2n) is 5.83. The largest absolute Gasteiger partial charge is 0.346 e. The lowest BCUT2D eigenvalue weighted by Gasteiger charge is -2.13. The molecule has 136 valence electrons. The van der Waals surface area contributed by atoms with Crippen LogP contribution in [0.25, 0.3) is 11.3 Å². The third kappa shape index (κ3) is 4.61. The molecule has 3 rings (SSSR count). The Balaban J connectivity index is 1.65. The molecule has 3 aromatic rings. The van der Waals surface area contributed by atoms with Crippen LogP contribution in [0.15, 0.2) is 42.9 Å². The molecule has 0 aliphatic carbocycles. The van der Waals surface area contributed by atoms with Crippen LogP contribution in [-0.4, -0.2) is 31.7 Å². The first-order chi connectivity index (χ1) is 13.0. The average molecular weight is 401 g/mol. The fraction of sp³-hybridized carbons (Fsp3) is 0.167. The Morgan fingerprint density at radius 2 is 2.11 bits per heavy atom. The van der Waals surface area contributed by atoms with Crippen molar-refractivity contribution in [3.8, 4) is 17.3 Å². The summed E-state index contributed by atoms with van der Waals surface area (Å²) in [5.74, 6) is -0.335. The van der Waals surface area contributed by atoms with Gasteiger partial charge < -0.3 is 5.32 Å². The second-order valence-corrected chi connectivity index (χ2v) is 6.62. The quantitative estimate of drug-likeness (QED) is 0.708. The van der Waals surface area contributed by atoms with E-state index in [1.165, 1.54) is 12.4 Å². The predicted molar refractivity (Wildman–Crippen MR) is 101 cm³/mol. The van der Waals surface area contributed by atoms with E-state index in [1.54, 1.807) is 22.9 Å². The number of nitrogens with zero attached hydrogens (tertiary/aromatic N) is 5. The lowest BCUT2D eigenvalue weighted by Crippen LogP contribution is -2.36. The van der Waals surface area contributed by atoms with Gasteiger partial charge in [-0.1, -0.05) is 29.3 Å². The standard InChI is InChI=1S/C18H14Cl2N6O/c1-11(24-18(27)16-8-23-17(20)9-22-16)10-26-5-4-15(25-26)12-2-3-13(7-21)14(19)6-12/h2-6,8-9,11H,10H2,1H3,(H,24,27)/t11-/m0/s1. The Morgan fingerprint density at radius 1 is 1.30 bits per heavy atom. The number of amides is 1. The van der Waals surface area contributed by atoms with Gasteiger partial charge in [0.2, 0.25) is 0 Å². The Hall–Kier alpha value is -2.95. The van der Waals surface area contributed by atoms with E-state index in [0.717, 1.165) is 11.3 Å². The van der Waals surface area contributed by atoms with Crippen molar-refractivity contribution < 1.29 is 4.79 Å². The van der Waals surface area contributed by atoms with Crippen molar-refractivity contribution in [3.63, 3.8) is 0 Å². The molecular weight excluding hydrogens is 387 g/mol. The zero-order valence-corrected chi connectivity index (χ0v) is 15.7.